The Morgan fingerprint density at radius 2 is 2.07 bits per heavy atom. The molecule has 0 saturated heterocycles. The SMILES string of the molecule is CCCN(CC)Cc1cc(F)ccc1O. The fourth-order valence-corrected chi connectivity index (χ4v) is 1.59. The minimum absolute atomic E-state index is 0.172. The number of phenolic OH excluding ortho intramolecular Hbond substituents is 1. The molecule has 1 aromatic rings. The molecule has 0 bridgehead atoms. The molecule has 0 heterocycles. The lowest BCUT2D eigenvalue weighted by molar-refractivity contribution is 0.276. The van der Waals surface area contributed by atoms with Crippen molar-refractivity contribution in [2.24, 2.45) is 0 Å². The molecule has 0 aliphatic carbocycles. The summed E-state index contributed by atoms with van der Waals surface area (Å²) in [6.45, 7) is 6.64. The van der Waals surface area contributed by atoms with Crippen LogP contribution in [0.2, 0.25) is 0 Å². The van der Waals surface area contributed by atoms with Gasteiger partial charge in [0, 0.05) is 12.1 Å². The van der Waals surface area contributed by atoms with E-state index >= 15 is 0 Å². The summed E-state index contributed by atoms with van der Waals surface area (Å²) in [5.41, 5.74) is 0.658. The van der Waals surface area contributed by atoms with E-state index in [9.17, 15) is 9.50 Å². The largest absolute Gasteiger partial charge is 0.508 e. The molecular formula is C12H18FNO. The van der Waals surface area contributed by atoms with E-state index in [-0.39, 0.29) is 11.6 Å². The van der Waals surface area contributed by atoms with Gasteiger partial charge in [-0.25, -0.2) is 4.39 Å². The molecule has 0 fully saturated rings. The van der Waals surface area contributed by atoms with Crippen LogP contribution in [0, 0.1) is 5.82 Å². The molecule has 0 atom stereocenters. The first kappa shape index (κ1) is 12.0. The van der Waals surface area contributed by atoms with Crippen LogP contribution in [-0.4, -0.2) is 23.1 Å². The molecule has 15 heavy (non-hydrogen) atoms. The third kappa shape index (κ3) is 3.51. The smallest absolute Gasteiger partial charge is 0.123 e. The summed E-state index contributed by atoms with van der Waals surface area (Å²) >= 11 is 0. The van der Waals surface area contributed by atoms with Gasteiger partial charge in [0.05, 0.1) is 0 Å². The number of phenols is 1. The molecule has 84 valence electrons. The number of nitrogens with zero attached hydrogens (tertiary/aromatic N) is 1. The summed E-state index contributed by atoms with van der Waals surface area (Å²) in [6.07, 6.45) is 1.06. The van der Waals surface area contributed by atoms with Gasteiger partial charge in [0.15, 0.2) is 0 Å². The first-order valence-electron chi connectivity index (χ1n) is 5.37. The van der Waals surface area contributed by atoms with Crippen molar-refractivity contribution in [3.05, 3.63) is 29.6 Å². The molecule has 0 amide bonds. The van der Waals surface area contributed by atoms with Crippen molar-refractivity contribution < 1.29 is 9.50 Å². The molecule has 0 aliphatic heterocycles. The van der Waals surface area contributed by atoms with Crippen LogP contribution < -0.4 is 0 Å². The maximum absolute atomic E-state index is 13.0. The number of rotatable bonds is 5. The zero-order valence-corrected chi connectivity index (χ0v) is 9.33. The summed E-state index contributed by atoms with van der Waals surface area (Å²) in [7, 11) is 0. The fourth-order valence-electron chi connectivity index (χ4n) is 1.59. The topological polar surface area (TPSA) is 23.5 Å². The van der Waals surface area contributed by atoms with Crippen molar-refractivity contribution in [2.75, 3.05) is 13.1 Å². The maximum Gasteiger partial charge on any atom is 0.123 e. The van der Waals surface area contributed by atoms with Gasteiger partial charge in [0.25, 0.3) is 0 Å². The van der Waals surface area contributed by atoms with Gasteiger partial charge in [-0.3, -0.25) is 4.90 Å². The second-order valence-corrected chi connectivity index (χ2v) is 3.64. The molecule has 1 N–H and O–H groups in total. The van der Waals surface area contributed by atoms with E-state index in [0.29, 0.717) is 12.1 Å². The molecule has 0 aromatic heterocycles. The van der Waals surface area contributed by atoms with Crippen LogP contribution in [0.4, 0.5) is 4.39 Å². The van der Waals surface area contributed by atoms with Crippen molar-refractivity contribution in [2.45, 2.75) is 26.8 Å². The lowest BCUT2D eigenvalue weighted by atomic mass is 10.2. The molecule has 0 aliphatic rings. The number of benzene rings is 1. The van der Waals surface area contributed by atoms with Gasteiger partial charge >= 0.3 is 0 Å². The fraction of sp³-hybridized carbons (Fsp3) is 0.500. The number of hydrogen-bond donors (Lipinski definition) is 1. The molecule has 1 aromatic carbocycles. The van der Waals surface area contributed by atoms with Crippen molar-refractivity contribution in [1.82, 2.24) is 4.90 Å². The zero-order chi connectivity index (χ0) is 11.3. The first-order chi connectivity index (χ1) is 7.17. The predicted octanol–water partition coefficient (Wildman–Crippen LogP) is 2.76. The third-order valence-corrected chi connectivity index (χ3v) is 2.42. The normalized spacial score (nSPS) is 10.9. The second kappa shape index (κ2) is 5.71. The predicted molar refractivity (Wildman–Crippen MR) is 59.3 cm³/mol. The quantitative estimate of drug-likeness (QED) is 0.809. The van der Waals surface area contributed by atoms with Crippen LogP contribution in [-0.2, 0) is 6.54 Å². The van der Waals surface area contributed by atoms with Crippen LogP contribution in [0.1, 0.15) is 25.8 Å². The number of aromatic hydroxyl groups is 1. The van der Waals surface area contributed by atoms with E-state index in [1.54, 1.807) is 0 Å². The highest BCUT2D eigenvalue weighted by Crippen LogP contribution is 2.19. The second-order valence-electron chi connectivity index (χ2n) is 3.64. The van der Waals surface area contributed by atoms with E-state index < -0.39 is 0 Å². The molecule has 0 saturated carbocycles. The first-order valence-corrected chi connectivity index (χ1v) is 5.37. The molecule has 1 rings (SSSR count). The lowest BCUT2D eigenvalue weighted by Gasteiger charge is -2.20. The van der Waals surface area contributed by atoms with Crippen molar-refractivity contribution in [1.29, 1.82) is 0 Å². The van der Waals surface area contributed by atoms with Crippen LogP contribution in [0.3, 0.4) is 0 Å². The summed E-state index contributed by atoms with van der Waals surface area (Å²) < 4.78 is 13.0. The summed E-state index contributed by atoms with van der Waals surface area (Å²) in [6, 6.07) is 4.08. The Morgan fingerprint density at radius 1 is 1.33 bits per heavy atom. The molecular weight excluding hydrogens is 193 g/mol. The van der Waals surface area contributed by atoms with E-state index in [1.165, 1.54) is 18.2 Å². The van der Waals surface area contributed by atoms with Crippen molar-refractivity contribution in [3.63, 3.8) is 0 Å². The van der Waals surface area contributed by atoms with Gasteiger partial charge in [-0.2, -0.15) is 0 Å². The average Bonchev–Trinajstić information content (AvgIpc) is 2.22. The van der Waals surface area contributed by atoms with Gasteiger partial charge < -0.3 is 5.11 Å². The standard InChI is InChI=1S/C12H18FNO/c1-3-7-14(4-2)9-10-8-11(13)5-6-12(10)15/h5-6,8,15H,3-4,7,9H2,1-2H3. The average molecular weight is 211 g/mol. The van der Waals surface area contributed by atoms with E-state index in [2.05, 4.69) is 18.7 Å². The van der Waals surface area contributed by atoms with E-state index in [0.717, 1.165) is 19.5 Å². The summed E-state index contributed by atoms with van der Waals surface area (Å²) in [4.78, 5) is 2.18. The molecule has 3 heteroatoms. The van der Waals surface area contributed by atoms with Crippen molar-refractivity contribution >= 4 is 0 Å². The minimum atomic E-state index is -0.296. The van der Waals surface area contributed by atoms with Crippen LogP contribution in [0.15, 0.2) is 18.2 Å². The van der Waals surface area contributed by atoms with Crippen molar-refractivity contribution in [3.8, 4) is 5.75 Å². The number of halogens is 1. The Bertz CT molecular complexity index is 314. The Kier molecular flexibility index (Phi) is 4.56. The molecule has 2 nitrogen and oxygen atoms in total. The van der Waals surface area contributed by atoms with E-state index in [1.807, 2.05) is 0 Å². The van der Waals surface area contributed by atoms with Crippen LogP contribution >= 0.6 is 0 Å². The summed E-state index contributed by atoms with van der Waals surface area (Å²) in [5, 5.41) is 9.55. The lowest BCUT2D eigenvalue weighted by Crippen LogP contribution is -2.23. The Hall–Kier alpha value is -1.09. The Labute approximate surface area is 90.3 Å². The minimum Gasteiger partial charge on any atom is -0.508 e. The van der Waals surface area contributed by atoms with Gasteiger partial charge in [-0.05, 0) is 37.7 Å². The number of hydrogen-bond acceptors (Lipinski definition) is 2. The molecule has 0 radical (unpaired) electrons. The Balaban J connectivity index is 2.73. The maximum atomic E-state index is 13.0. The summed E-state index contributed by atoms with van der Waals surface area (Å²) in [5.74, 6) is -0.124. The molecule has 0 spiro atoms. The van der Waals surface area contributed by atoms with E-state index in [4.69, 9.17) is 0 Å². The van der Waals surface area contributed by atoms with Gasteiger partial charge in [0.2, 0.25) is 0 Å². The van der Waals surface area contributed by atoms with Crippen LogP contribution in [0.5, 0.6) is 5.75 Å². The zero-order valence-electron chi connectivity index (χ0n) is 9.33. The highest BCUT2D eigenvalue weighted by Gasteiger charge is 2.07. The van der Waals surface area contributed by atoms with Gasteiger partial charge in [0.1, 0.15) is 11.6 Å². The Morgan fingerprint density at radius 3 is 2.67 bits per heavy atom. The highest BCUT2D eigenvalue weighted by molar-refractivity contribution is 5.32. The van der Waals surface area contributed by atoms with Gasteiger partial charge in [-0.1, -0.05) is 13.8 Å². The van der Waals surface area contributed by atoms with Crippen LogP contribution in [0.25, 0.3) is 0 Å². The highest BCUT2D eigenvalue weighted by atomic mass is 19.1. The molecule has 0 unspecified atom stereocenters. The monoisotopic (exact) mass is 211 g/mol. The van der Waals surface area contributed by atoms with Gasteiger partial charge in [-0.15, -0.1) is 0 Å². The third-order valence-electron chi connectivity index (χ3n) is 2.42.